The smallest absolute Gasteiger partial charge is 0.235 e. The van der Waals surface area contributed by atoms with Gasteiger partial charge in [-0.3, -0.25) is 9.48 Å². The Balaban J connectivity index is 2.12. The fourth-order valence-electron chi connectivity index (χ4n) is 2.45. The van der Waals surface area contributed by atoms with Crippen LogP contribution in [0, 0.1) is 6.92 Å². The first-order chi connectivity index (χ1) is 9.56. The highest BCUT2D eigenvalue weighted by molar-refractivity contribution is 8.00. The molecule has 4 nitrogen and oxygen atoms in total. The molecule has 0 saturated heterocycles. The minimum atomic E-state index is 0.00992. The fraction of sp³-hybridized carbons (Fsp3) is 0.286. The van der Waals surface area contributed by atoms with Crippen molar-refractivity contribution in [2.24, 2.45) is 7.05 Å². The Hall–Kier alpha value is -1.46. The number of carbonyl (C=O) groups excluding carboxylic acids is 1. The predicted molar refractivity (Wildman–Crippen MR) is 82.3 cm³/mol. The van der Waals surface area contributed by atoms with E-state index >= 15 is 0 Å². The zero-order chi connectivity index (χ0) is 14.3. The lowest BCUT2D eigenvalue weighted by atomic mass is 10.0. The van der Waals surface area contributed by atoms with Crippen LogP contribution in [-0.2, 0) is 11.8 Å². The molecule has 1 amide bonds. The van der Waals surface area contributed by atoms with Gasteiger partial charge in [0, 0.05) is 17.6 Å². The van der Waals surface area contributed by atoms with Crippen LogP contribution < -0.4 is 5.32 Å². The van der Waals surface area contributed by atoms with Crippen LogP contribution in [0.2, 0.25) is 5.02 Å². The Morgan fingerprint density at radius 3 is 2.80 bits per heavy atom. The zero-order valence-corrected chi connectivity index (χ0v) is 12.8. The van der Waals surface area contributed by atoms with E-state index in [4.69, 9.17) is 11.6 Å². The second-order valence-electron chi connectivity index (χ2n) is 4.76. The van der Waals surface area contributed by atoms with Gasteiger partial charge in [0.15, 0.2) is 0 Å². The molecular weight excluding hydrogens is 294 g/mol. The van der Waals surface area contributed by atoms with Crippen molar-refractivity contribution in [2.45, 2.75) is 12.2 Å². The summed E-state index contributed by atoms with van der Waals surface area (Å²) < 4.78 is 1.73. The highest BCUT2D eigenvalue weighted by atomic mass is 35.5. The van der Waals surface area contributed by atoms with Crippen molar-refractivity contribution in [1.29, 1.82) is 0 Å². The molecule has 0 spiro atoms. The van der Waals surface area contributed by atoms with E-state index in [9.17, 15) is 4.79 Å². The van der Waals surface area contributed by atoms with Crippen LogP contribution in [0.5, 0.6) is 0 Å². The number of amides is 1. The molecule has 2 heterocycles. The van der Waals surface area contributed by atoms with Crippen LogP contribution in [0.4, 0.5) is 5.82 Å². The highest BCUT2D eigenvalue weighted by Gasteiger charge is 2.29. The van der Waals surface area contributed by atoms with Crippen molar-refractivity contribution < 1.29 is 4.79 Å². The molecule has 0 aliphatic carbocycles. The molecule has 1 aromatic heterocycles. The summed E-state index contributed by atoms with van der Waals surface area (Å²) in [7, 11) is 1.85. The van der Waals surface area contributed by atoms with Crippen molar-refractivity contribution in [3.05, 3.63) is 46.1 Å². The minimum absolute atomic E-state index is 0.00992. The number of fused-ring (bicyclic) bond motifs is 1. The SMILES string of the molecule is Cc1nn(C)c2c1[C@H](c1ccc(Cl)cc1)SCC(=O)N2. The van der Waals surface area contributed by atoms with Crippen molar-refractivity contribution in [3.8, 4) is 0 Å². The number of hydrogen-bond acceptors (Lipinski definition) is 3. The molecule has 1 aromatic carbocycles. The number of hydrogen-bond donors (Lipinski definition) is 1. The van der Waals surface area contributed by atoms with Gasteiger partial charge in [0.2, 0.25) is 5.91 Å². The maximum Gasteiger partial charge on any atom is 0.235 e. The van der Waals surface area contributed by atoms with Gasteiger partial charge in [-0.25, -0.2) is 0 Å². The van der Waals surface area contributed by atoms with Crippen LogP contribution in [0.15, 0.2) is 24.3 Å². The van der Waals surface area contributed by atoms with Crippen LogP contribution in [0.25, 0.3) is 0 Å². The number of benzene rings is 1. The van der Waals surface area contributed by atoms with E-state index in [1.807, 2.05) is 38.2 Å². The molecule has 0 radical (unpaired) electrons. The third-order valence-corrected chi connectivity index (χ3v) is 4.86. The van der Waals surface area contributed by atoms with E-state index < -0.39 is 0 Å². The number of anilines is 1. The van der Waals surface area contributed by atoms with Crippen LogP contribution in [0.1, 0.15) is 22.1 Å². The van der Waals surface area contributed by atoms with Crippen molar-refractivity contribution in [1.82, 2.24) is 9.78 Å². The summed E-state index contributed by atoms with van der Waals surface area (Å²) >= 11 is 7.56. The number of carbonyl (C=O) groups is 1. The fourth-order valence-corrected chi connectivity index (χ4v) is 3.76. The van der Waals surface area contributed by atoms with Crippen molar-refractivity contribution >= 4 is 35.1 Å². The van der Waals surface area contributed by atoms with Gasteiger partial charge in [-0.1, -0.05) is 23.7 Å². The third kappa shape index (κ3) is 2.31. The molecule has 6 heteroatoms. The first kappa shape index (κ1) is 13.5. The standard InChI is InChI=1S/C14H14ClN3OS/c1-8-12-13(9-3-5-10(15)6-4-9)20-7-11(19)16-14(12)18(2)17-8/h3-6,13H,7H2,1-2H3,(H,16,19)/t13-/m0/s1. The largest absolute Gasteiger partial charge is 0.310 e. The van der Waals surface area contributed by atoms with Gasteiger partial charge in [-0.05, 0) is 24.6 Å². The minimum Gasteiger partial charge on any atom is -0.310 e. The molecule has 0 bridgehead atoms. The van der Waals surface area contributed by atoms with E-state index in [0.29, 0.717) is 10.8 Å². The molecule has 0 unspecified atom stereocenters. The van der Waals surface area contributed by atoms with Gasteiger partial charge >= 0.3 is 0 Å². The average Bonchev–Trinajstić information content (AvgIpc) is 2.60. The molecule has 104 valence electrons. The van der Waals surface area contributed by atoms with Crippen molar-refractivity contribution in [2.75, 3.05) is 11.1 Å². The number of aromatic nitrogens is 2. The number of thioether (sulfide) groups is 1. The molecule has 0 saturated carbocycles. The maximum absolute atomic E-state index is 11.8. The first-order valence-corrected chi connectivity index (χ1v) is 7.69. The molecule has 1 aliphatic heterocycles. The van der Waals surface area contributed by atoms with Crippen molar-refractivity contribution in [3.63, 3.8) is 0 Å². The molecule has 1 atom stereocenters. The van der Waals surface area contributed by atoms with Gasteiger partial charge in [0.25, 0.3) is 0 Å². The summed E-state index contributed by atoms with van der Waals surface area (Å²) in [4.78, 5) is 11.8. The van der Waals surface area contributed by atoms with E-state index in [-0.39, 0.29) is 11.2 Å². The Bertz CT molecular complexity index is 666. The summed E-state index contributed by atoms with van der Waals surface area (Å²) in [5.74, 6) is 1.23. The third-order valence-electron chi connectivity index (χ3n) is 3.34. The highest BCUT2D eigenvalue weighted by Crippen LogP contribution is 2.42. The molecule has 2 aromatic rings. The lowest BCUT2D eigenvalue weighted by molar-refractivity contribution is -0.113. The van der Waals surface area contributed by atoms with E-state index in [1.54, 1.807) is 16.4 Å². The molecular formula is C14H14ClN3OS. The van der Waals surface area contributed by atoms with Gasteiger partial charge in [0.1, 0.15) is 5.82 Å². The lowest BCUT2D eigenvalue weighted by Gasteiger charge is -2.15. The topological polar surface area (TPSA) is 46.9 Å². The Kier molecular flexibility index (Phi) is 3.48. The Morgan fingerprint density at radius 1 is 1.40 bits per heavy atom. The summed E-state index contributed by atoms with van der Waals surface area (Å²) in [6.45, 7) is 1.97. The molecule has 0 fully saturated rings. The van der Waals surface area contributed by atoms with Gasteiger partial charge in [-0.2, -0.15) is 5.10 Å². The van der Waals surface area contributed by atoms with Crippen LogP contribution >= 0.6 is 23.4 Å². The summed E-state index contributed by atoms with van der Waals surface area (Å²) in [6, 6.07) is 7.77. The average molecular weight is 308 g/mol. The Labute approximate surface area is 126 Å². The van der Waals surface area contributed by atoms with E-state index in [0.717, 1.165) is 22.6 Å². The van der Waals surface area contributed by atoms with Crippen LogP contribution in [-0.4, -0.2) is 21.4 Å². The number of nitrogens with zero attached hydrogens (tertiary/aromatic N) is 2. The van der Waals surface area contributed by atoms with E-state index in [1.165, 1.54) is 0 Å². The summed E-state index contributed by atoms with van der Waals surface area (Å²) in [5, 5.41) is 8.17. The molecule has 3 rings (SSSR count). The molecule has 1 N–H and O–H groups in total. The Morgan fingerprint density at radius 2 is 2.10 bits per heavy atom. The molecule has 1 aliphatic rings. The van der Waals surface area contributed by atoms with E-state index in [2.05, 4.69) is 10.4 Å². The normalized spacial score (nSPS) is 18.4. The summed E-state index contributed by atoms with van der Waals surface area (Å²) in [5.41, 5.74) is 3.15. The lowest BCUT2D eigenvalue weighted by Crippen LogP contribution is -2.15. The van der Waals surface area contributed by atoms with Gasteiger partial charge < -0.3 is 5.32 Å². The quantitative estimate of drug-likeness (QED) is 0.880. The monoisotopic (exact) mass is 307 g/mol. The van der Waals surface area contributed by atoms with Crippen LogP contribution in [0.3, 0.4) is 0 Å². The summed E-state index contributed by atoms with van der Waals surface area (Å²) in [6.07, 6.45) is 0. The van der Waals surface area contributed by atoms with Gasteiger partial charge in [-0.15, -0.1) is 11.8 Å². The predicted octanol–water partition coefficient (Wildman–Crippen LogP) is 3.16. The van der Waals surface area contributed by atoms with Gasteiger partial charge in [0.05, 0.1) is 16.7 Å². The second kappa shape index (κ2) is 5.14. The second-order valence-corrected chi connectivity index (χ2v) is 6.29. The maximum atomic E-state index is 11.8. The number of rotatable bonds is 1. The first-order valence-electron chi connectivity index (χ1n) is 6.26. The number of aryl methyl sites for hydroxylation is 2. The number of nitrogens with one attached hydrogen (secondary N) is 1. The number of halogens is 1. The molecule has 20 heavy (non-hydrogen) atoms. The zero-order valence-electron chi connectivity index (χ0n) is 11.2.